The van der Waals surface area contributed by atoms with Crippen LogP contribution in [0.3, 0.4) is 0 Å². The summed E-state index contributed by atoms with van der Waals surface area (Å²) in [7, 11) is 0. The molecule has 5 heteroatoms. The van der Waals surface area contributed by atoms with Crippen molar-refractivity contribution in [3.8, 4) is 11.5 Å². The Morgan fingerprint density at radius 1 is 1.39 bits per heavy atom. The number of ether oxygens (including phenoxy) is 2. The highest BCUT2D eigenvalue weighted by Gasteiger charge is 2.19. The molecule has 1 amide bonds. The van der Waals surface area contributed by atoms with E-state index in [9.17, 15) is 4.79 Å². The lowest BCUT2D eigenvalue weighted by Crippen LogP contribution is -2.32. The number of amides is 1. The molecule has 0 saturated heterocycles. The third-order valence-corrected chi connectivity index (χ3v) is 2.87. The third-order valence-electron chi connectivity index (χ3n) is 2.87. The smallest absolute Gasteiger partial charge is 0.253 e. The average Bonchev–Trinajstić information content (AvgIpc) is 2.86. The first-order valence-electron chi connectivity index (χ1n) is 6.06. The molecule has 1 heterocycles. The van der Waals surface area contributed by atoms with Crippen molar-refractivity contribution in [2.75, 3.05) is 26.5 Å². The van der Waals surface area contributed by atoms with Crippen LogP contribution in [-0.2, 0) is 0 Å². The molecular formula is C13H17NO4. The molecule has 0 saturated carbocycles. The van der Waals surface area contributed by atoms with Gasteiger partial charge in [0.2, 0.25) is 6.79 Å². The first-order valence-corrected chi connectivity index (χ1v) is 6.06. The zero-order valence-corrected chi connectivity index (χ0v) is 10.4. The number of fused-ring (bicyclic) bond motifs is 1. The summed E-state index contributed by atoms with van der Waals surface area (Å²) in [6.07, 6.45) is 0.587. The molecule has 1 aromatic rings. The lowest BCUT2D eigenvalue weighted by molar-refractivity contribution is 0.0754. The predicted molar refractivity (Wildman–Crippen MR) is 65.8 cm³/mol. The molecular weight excluding hydrogens is 234 g/mol. The van der Waals surface area contributed by atoms with Gasteiger partial charge < -0.3 is 19.5 Å². The molecule has 0 atom stereocenters. The summed E-state index contributed by atoms with van der Waals surface area (Å²) in [6.45, 7) is 3.38. The van der Waals surface area contributed by atoms with Crippen molar-refractivity contribution in [2.45, 2.75) is 13.3 Å². The molecule has 5 nitrogen and oxygen atoms in total. The van der Waals surface area contributed by atoms with Gasteiger partial charge >= 0.3 is 0 Å². The van der Waals surface area contributed by atoms with Crippen LogP contribution in [0, 0.1) is 0 Å². The van der Waals surface area contributed by atoms with Gasteiger partial charge in [-0.25, -0.2) is 0 Å². The van der Waals surface area contributed by atoms with Gasteiger partial charge in [-0.1, -0.05) is 0 Å². The average molecular weight is 251 g/mol. The normalized spacial score (nSPS) is 12.6. The van der Waals surface area contributed by atoms with E-state index < -0.39 is 0 Å². The second-order valence-electron chi connectivity index (χ2n) is 4.03. The Balaban J connectivity index is 2.12. The molecule has 18 heavy (non-hydrogen) atoms. The quantitative estimate of drug-likeness (QED) is 0.856. The molecule has 0 aromatic heterocycles. The van der Waals surface area contributed by atoms with Gasteiger partial charge in [0.25, 0.3) is 5.91 Å². The Hall–Kier alpha value is -1.75. The minimum atomic E-state index is -0.0516. The van der Waals surface area contributed by atoms with Crippen molar-refractivity contribution < 1.29 is 19.4 Å². The fourth-order valence-electron chi connectivity index (χ4n) is 1.88. The molecule has 1 aromatic carbocycles. The summed E-state index contributed by atoms with van der Waals surface area (Å²) in [4.78, 5) is 13.9. The Kier molecular flexibility index (Phi) is 4.04. The minimum absolute atomic E-state index is 0.0516. The molecule has 0 fully saturated rings. The van der Waals surface area contributed by atoms with E-state index in [-0.39, 0.29) is 19.3 Å². The standard InChI is InChI=1S/C13H17NO4/c1-2-14(6-3-7-15)13(16)10-4-5-11-12(8-10)18-9-17-11/h4-5,8,15H,2-3,6-7,9H2,1H3. The van der Waals surface area contributed by atoms with Crippen molar-refractivity contribution >= 4 is 5.91 Å². The Morgan fingerprint density at radius 3 is 2.89 bits per heavy atom. The lowest BCUT2D eigenvalue weighted by atomic mass is 10.1. The number of benzene rings is 1. The summed E-state index contributed by atoms with van der Waals surface area (Å²) in [6, 6.07) is 5.18. The van der Waals surface area contributed by atoms with E-state index in [1.807, 2.05) is 6.92 Å². The van der Waals surface area contributed by atoms with Crippen molar-refractivity contribution in [2.24, 2.45) is 0 Å². The fourth-order valence-corrected chi connectivity index (χ4v) is 1.88. The molecule has 0 bridgehead atoms. The summed E-state index contributed by atoms with van der Waals surface area (Å²) < 4.78 is 10.5. The molecule has 0 aliphatic carbocycles. The SMILES string of the molecule is CCN(CCCO)C(=O)c1ccc2c(c1)OCO2. The third kappa shape index (κ3) is 2.56. The summed E-state index contributed by atoms with van der Waals surface area (Å²) in [5.74, 6) is 1.23. The van der Waals surface area contributed by atoms with E-state index in [1.54, 1.807) is 23.1 Å². The monoisotopic (exact) mass is 251 g/mol. The first kappa shape index (κ1) is 12.7. The summed E-state index contributed by atoms with van der Waals surface area (Å²) >= 11 is 0. The number of aliphatic hydroxyl groups excluding tert-OH is 1. The van der Waals surface area contributed by atoms with Gasteiger partial charge in [0.05, 0.1) is 0 Å². The molecule has 1 N–H and O–H groups in total. The van der Waals surface area contributed by atoms with Gasteiger partial charge in [-0.05, 0) is 31.5 Å². The molecule has 0 radical (unpaired) electrons. The Labute approximate surface area is 106 Å². The highest BCUT2D eigenvalue weighted by Crippen LogP contribution is 2.32. The van der Waals surface area contributed by atoms with Crippen LogP contribution in [0.1, 0.15) is 23.7 Å². The van der Waals surface area contributed by atoms with Gasteiger partial charge in [0.1, 0.15) is 0 Å². The Bertz CT molecular complexity index is 433. The lowest BCUT2D eigenvalue weighted by Gasteiger charge is -2.20. The second kappa shape index (κ2) is 5.73. The second-order valence-corrected chi connectivity index (χ2v) is 4.03. The van der Waals surface area contributed by atoms with Crippen LogP contribution in [0.2, 0.25) is 0 Å². The van der Waals surface area contributed by atoms with E-state index in [4.69, 9.17) is 14.6 Å². The molecule has 1 aliphatic rings. The van der Waals surface area contributed by atoms with Crippen LogP contribution in [0.15, 0.2) is 18.2 Å². The van der Waals surface area contributed by atoms with Gasteiger partial charge in [-0.2, -0.15) is 0 Å². The van der Waals surface area contributed by atoms with Crippen LogP contribution >= 0.6 is 0 Å². The molecule has 98 valence electrons. The largest absolute Gasteiger partial charge is 0.454 e. The van der Waals surface area contributed by atoms with E-state index in [0.29, 0.717) is 36.6 Å². The first-order chi connectivity index (χ1) is 8.76. The highest BCUT2D eigenvalue weighted by molar-refractivity contribution is 5.95. The van der Waals surface area contributed by atoms with Crippen LogP contribution in [-0.4, -0.2) is 42.4 Å². The van der Waals surface area contributed by atoms with E-state index >= 15 is 0 Å². The maximum Gasteiger partial charge on any atom is 0.253 e. The van der Waals surface area contributed by atoms with Crippen molar-refractivity contribution in [3.05, 3.63) is 23.8 Å². The van der Waals surface area contributed by atoms with Gasteiger partial charge in [-0.15, -0.1) is 0 Å². The minimum Gasteiger partial charge on any atom is -0.454 e. The number of rotatable bonds is 5. The number of hydrogen-bond acceptors (Lipinski definition) is 4. The zero-order chi connectivity index (χ0) is 13.0. The van der Waals surface area contributed by atoms with Crippen molar-refractivity contribution in [1.82, 2.24) is 4.90 Å². The van der Waals surface area contributed by atoms with Crippen molar-refractivity contribution in [1.29, 1.82) is 0 Å². The van der Waals surface area contributed by atoms with Gasteiger partial charge in [0, 0.05) is 25.3 Å². The summed E-state index contributed by atoms with van der Waals surface area (Å²) in [5.41, 5.74) is 0.582. The molecule has 0 unspecified atom stereocenters. The number of aliphatic hydroxyl groups is 1. The number of hydrogen-bond donors (Lipinski definition) is 1. The highest BCUT2D eigenvalue weighted by atomic mass is 16.7. The van der Waals surface area contributed by atoms with Gasteiger partial charge in [0.15, 0.2) is 11.5 Å². The van der Waals surface area contributed by atoms with Crippen molar-refractivity contribution in [3.63, 3.8) is 0 Å². The van der Waals surface area contributed by atoms with Crippen LogP contribution in [0.25, 0.3) is 0 Å². The predicted octanol–water partition coefficient (Wildman–Crippen LogP) is 1.26. The maximum absolute atomic E-state index is 12.2. The van der Waals surface area contributed by atoms with Crippen LogP contribution < -0.4 is 9.47 Å². The Morgan fingerprint density at radius 2 is 2.17 bits per heavy atom. The maximum atomic E-state index is 12.2. The number of carbonyl (C=O) groups is 1. The van der Waals surface area contributed by atoms with E-state index in [0.717, 1.165) is 0 Å². The zero-order valence-electron chi connectivity index (χ0n) is 10.4. The van der Waals surface area contributed by atoms with Crippen LogP contribution in [0.4, 0.5) is 0 Å². The molecule has 0 spiro atoms. The fraction of sp³-hybridized carbons (Fsp3) is 0.462. The molecule has 1 aliphatic heterocycles. The van der Waals surface area contributed by atoms with Gasteiger partial charge in [-0.3, -0.25) is 4.79 Å². The number of nitrogens with zero attached hydrogens (tertiary/aromatic N) is 1. The molecule has 2 rings (SSSR count). The summed E-state index contributed by atoms with van der Waals surface area (Å²) in [5, 5.41) is 8.82. The topological polar surface area (TPSA) is 59.0 Å². The van der Waals surface area contributed by atoms with Crippen LogP contribution in [0.5, 0.6) is 11.5 Å². The van der Waals surface area contributed by atoms with E-state index in [1.165, 1.54) is 0 Å². The number of carbonyl (C=O) groups excluding carboxylic acids is 1. The van der Waals surface area contributed by atoms with E-state index in [2.05, 4.69) is 0 Å².